The van der Waals surface area contributed by atoms with Gasteiger partial charge in [0.15, 0.2) is 0 Å². The zero-order valence-electron chi connectivity index (χ0n) is 18.7. The summed E-state index contributed by atoms with van der Waals surface area (Å²) in [6.07, 6.45) is 5.56. The molecule has 0 radical (unpaired) electrons. The molecule has 2 rings (SSSR count). The van der Waals surface area contributed by atoms with E-state index in [2.05, 4.69) is 12.2 Å². The van der Waals surface area contributed by atoms with Crippen molar-refractivity contribution < 1.29 is 28.6 Å². The van der Waals surface area contributed by atoms with Gasteiger partial charge in [0.25, 0.3) is 0 Å². The third kappa shape index (κ3) is 5.64. The third-order valence-electron chi connectivity index (χ3n) is 5.39. The fourth-order valence-corrected chi connectivity index (χ4v) is 3.48. The van der Waals surface area contributed by atoms with E-state index in [1.165, 1.54) is 7.11 Å². The summed E-state index contributed by atoms with van der Waals surface area (Å²) in [6, 6.07) is 8.73. The lowest BCUT2D eigenvalue weighted by molar-refractivity contribution is -0.205. The molecule has 0 bridgehead atoms. The van der Waals surface area contributed by atoms with E-state index in [0.717, 1.165) is 43.3 Å². The number of carbonyl (C=O) groups is 3. The molecule has 0 aromatic heterocycles. The topological polar surface area (TPSA) is 94.2 Å². The fraction of sp³-hybridized carbons (Fsp3) is 0.522. The zero-order valence-corrected chi connectivity index (χ0v) is 18.7. The number of hydrogen-bond donors (Lipinski definition) is 1. The molecule has 1 aliphatic rings. The molecule has 1 aliphatic heterocycles. The number of amides is 2. The van der Waals surface area contributed by atoms with Crippen LogP contribution in [0.3, 0.4) is 0 Å². The Hall–Kier alpha value is -2.87. The summed E-state index contributed by atoms with van der Waals surface area (Å²) in [4.78, 5) is 39.5. The van der Waals surface area contributed by atoms with Crippen LogP contribution in [0.15, 0.2) is 36.0 Å². The first kappa shape index (κ1) is 24.4. The second-order valence-electron chi connectivity index (χ2n) is 7.45. The number of nitrogens with zero attached hydrogens (tertiary/aromatic N) is 1. The summed E-state index contributed by atoms with van der Waals surface area (Å²) in [7, 11) is 2.31. The number of benzene rings is 1. The molecule has 1 heterocycles. The highest BCUT2D eigenvalue weighted by atomic mass is 16.6. The van der Waals surface area contributed by atoms with Crippen molar-refractivity contribution in [3.63, 3.8) is 0 Å². The van der Waals surface area contributed by atoms with Crippen LogP contribution in [0.25, 0.3) is 6.08 Å². The summed E-state index contributed by atoms with van der Waals surface area (Å²) >= 11 is 0. The minimum Gasteiger partial charge on any atom is -0.465 e. The second kappa shape index (κ2) is 11.5. The Morgan fingerprint density at radius 2 is 1.90 bits per heavy atom. The van der Waals surface area contributed by atoms with Gasteiger partial charge < -0.3 is 19.5 Å². The van der Waals surface area contributed by atoms with Crippen LogP contribution in [0.2, 0.25) is 0 Å². The largest absolute Gasteiger partial charge is 0.465 e. The maximum absolute atomic E-state index is 13.1. The van der Waals surface area contributed by atoms with Crippen molar-refractivity contribution in [1.82, 2.24) is 10.2 Å². The smallest absolute Gasteiger partial charge is 0.372 e. The molecule has 8 nitrogen and oxygen atoms in total. The molecule has 2 unspecified atom stereocenters. The van der Waals surface area contributed by atoms with Crippen LogP contribution >= 0.6 is 0 Å². The number of ether oxygens (including phenoxy) is 3. The monoisotopic (exact) mass is 432 g/mol. The van der Waals surface area contributed by atoms with Crippen LogP contribution in [-0.4, -0.2) is 56.0 Å². The molecule has 2 atom stereocenters. The number of esters is 2. The Bertz CT molecular complexity index is 795. The molecule has 1 saturated heterocycles. The van der Waals surface area contributed by atoms with Crippen LogP contribution in [0.5, 0.6) is 0 Å². The van der Waals surface area contributed by atoms with Crippen LogP contribution in [-0.2, 0) is 23.8 Å². The molecule has 1 aromatic carbocycles. The standard InChI is InChI=1S/C23H32N2O6/c1-5-7-11-17(6-2)16-31-21(27)23(30-4,20(26)29-3)25-15-19(24-22(25)28)14-18-12-9-8-10-13-18/h8-10,12-14,17H,5-7,11,15-16H2,1-4H3,(H,24,28). The summed E-state index contributed by atoms with van der Waals surface area (Å²) in [5.74, 6) is -1.82. The first-order valence-electron chi connectivity index (χ1n) is 10.6. The van der Waals surface area contributed by atoms with Gasteiger partial charge in [-0.15, -0.1) is 0 Å². The highest BCUT2D eigenvalue weighted by molar-refractivity contribution is 6.06. The van der Waals surface area contributed by atoms with Crippen molar-refractivity contribution >= 4 is 24.0 Å². The number of hydrogen-bond acceptors (Lipinski definition) is 6. The number of unbranched alkanes of at least 4 members (excludes halogenated alkanes) is 1. The molecule has 0 spiro atoms. The van der Waals surface area contributed by atoms with Gasteiger partial charge in [-0.05, 0) is 24.0 Å². The minimum atomic E-state index is -2.33. The van der Waals surface area contributed by atoms with E-state index in [0.29, 0.717) is 5.70 Å². The Kier molecular flexibility index (Phi) is 9.05. The molecule has 31 heavy (non-hydrogen) atoms. The average Bonchev–Trinajstić information content (AvgIpc) is 3.15. The van der Waals surface area contributed by atoms with Crippen molar-refractivity contribution in [2.24, 2.45) is 5.92 Å². The van der Waals surface area contributed by atoms with Crippen molar-refractivity contribution in [3.05, 3.63) is 41.6 Å². The van der Waals surface area contributed by atoms with E-state index in [1.807, 2.05) is 37.3 Å². The molecule has 1 N–H and O–H groups in total. The van der Waals surface area contributed by atoms with E-state index in [-0.39, 0.29) is 19.1 Å². The van der Waals surface area contributed by atoms with E-state index < -0.39 is 23.7 Å². The van der Waals surface area contributed by atoms with Gasteiger partial charge in [0.05, 0.1) is 20.3 Å². The van der Waals surface area contributed by atoms with Gasteiger partial charge >= 0.3 is 23.7 Å². The lowest BCUT2D eigenvalue weighted by Crippen LogP contribution is -2.63. The molecular formula is C23H32N2O6. The van der Waals surface area contributed by atoms with Crippen LogP contribution in [0, 0.1) is 5.92 Å². The molecule has 8 heteroatoms. The van der Waals surface area contributed by atoms with Gasteiger partial charge in [0.1, 0.15) is 0 Å². The van der Waals surface area contributed by atoms with Gasteiger partial charge in [0.2, 0.25) is 0 Å². The lowest BCUT2D eigenvalue weighted by atomic mass is 10.0. The highest BCUT2D eigenvalue weighted by Crippen LogP contribution is 2.27. The number of nitrogens with one attached hydrogen (secondary N) is 1. The van der Waals surface area contributed by atoms with Crippen molar-refractivity contribution in [1.29, 1.82) is 0 Å². The molecule has 170 valence electrons. The van der Waals surface area contributed by atoms with E-state index in [4.69, 9.17) is 14.2 Å². The summed E-state index contributed by atoms with van der Waals surface area (Å²) < 4.78 is 15.7. The Labute approximate surface area is 183 Å². The molecule has 1 aromatic rings. The summed E-state index contributed by atoms with van der Waals surface area (Å²) in [6.45, 7) is 4.21. The Morgan fingerprint density at radius 3 is 2.48 bits per heavy atom. The maximum Gasteiger partial charge on any atom is 0.372 e. The number of rotatable bonds is 11. The van der Waals surface area contributed by atoms with Crippen molar-refractivity contribution in [2.75, 3.05) is 27.4 Å². The Morgan fingerprint density at radius 1 is 1.19 bits per heavy atom. The zero-order chi connectivity index (χ0) is 22.9. The van der Waals surface area contributed by atoms with Gasteiger partial charge in [-0.2, -0.15) is 0 Å². The van der Waals surface area contributed by atoms with E-state index >= 15 is 0 Å². The SMILES string of the molecule is CCCCC(CC)COC(=O)C(OC)(C(=O)OC)N1CC(=Cc2ccccc2)NC1=O. The van der Waals surface area contributed by atoms with Gasteiger partial charge in [-0.1, -0.05) is 63.4 Å². The van der Waals surface area contributed by atoms with Gasteiger partial charge in [-0.3, -0.25) is 4.90 Å². The van der Waals surface area contributed by atoms with E-state index in [9.17, 15) is 14.4 Å². The average molecular weight is 433 g/mol. The maximum atomic E-state index is 13.1. The molecular weight excluding hydrogens is 400 g/mol. The third-order valence-corrected chi connectivity index (χ3v) is 5.39. The van der Waals surface area contributed by atoms with Crippen LogP contribution in [0.4, 0.5) is 4.79 Å². The number of carbonyl (C=O) groups excluding carboxylic acids is 3. The van der Waals surface area contributed by atoms with Crippen LogP contribution in [0.1, 0.15) is 45.1 Å². The molecule has 2 amide bonds. The fourth-order valence-electron chi connectivity index (χ4n) is 3.48. The Balaban J connectivity index is 2.26. The lowest BCUT2D eigenvalue weighted by Gasteiger charge is -2.34. The van der Waals surface area contributed by atoms with Crippen molar-refractivity contribution in [2.45, 2.75) is 45.3 Å². The predicted molar refractivity (Wildman–Crippen MR) is 116 cm³/mol. The van der Waals surface area contributed by atoms with Crippen molar-refractivity contribution in [3.8, 4) is 0 Å². The summed E-state index contributed by atoms with van der Waals surface area (Å²) in [5, 5.41) is 2.68. The first-order valence-corrected chi connectivity index (χ1v) is 10.6. The number of methoxy groups -OCH3 is 2. The molecule has 0 saturated carbocycles. The first-order chi connectivity index (χ1) is 14.9. The number of urea groups is 1. The minimum absolute atomic E-state index is 0.0428. The van der Waals surface area contributed by atoms with E-state index in [1.54, 1.807) is 6.08 Å². The molecule has 1 fully saturated rings. The summed E-state index contributed by atoms with van der Waals surface area (Å²) in [5.41, 5.74) is -0.942. The highest BCUT2D eigenvalue weighted by Gasteiger charge is 2.59. The molecule has 0 aliphatic carbocycles. The van der Waals surface area contributed by atoms with Crippen LogP contribution < -0.4 is 5.32 Å². The van der Waals surface area contributed by atoms with Gasteiger partial charge in [-0.25, -0.2) is 14.4 Å². The second-order valence-corrected chi connectivity index (χ2v) is 7.45. The normalized spacial score (nSPS) is 17.7. The predicted octanol–water partition coefficient (Wildman–Crippen LogP) is 3.33. The van der Waals surface area contributed by atoms with Gasteiger partial charge in [0, 0.05) is 12.8 Å². The quantitative estimate of drug-likeness (QED) is 0.426.